The zero-order valence-corrected chi connectivity index (χ0v) is 17.2. The first kappa shape index (κ1) is 22.8. The van der Waals surface area contributed by atoms with Crippen LogP contribution in [0.15, 0.2) is 29.3 Å². The average molecular weight is 379 g/mol. The molecule has 0 fully saturated rings. The van der Waals surface area contributed by atoms with Crippen molar-refractivity contribution in [1.82, 2.24) is 10.6 Å². The average Bonchev–Trinajstić information content (AvgIpc) is 2.62. The molecule has 0 saturated carbocycles. The minimum Gasteiger partial charge on any atom is -0.493 e. The SMILES string of the molecule is CCNC(=NCCNC(=O)C(C)(C)C)Nc1cccc(OCCCOC)c1. The van der Waals surface area contributed by atoms with E-state index in [1.165, 1.54) is 0 Å². The number of hydrogen-bond acceptors (Lipinski definition) is 4. The van der Waals surface area contributed by atoms with Crippen LogP contribution in [0.2, 0.25) is 0 Å². The van der Waals surface area contributed by atoms with Crippen LogP contribution in [-0.4, -0.2) is 51.8 Å². The van der Waals surface area contributed by atoms with Crippen molar-refractivity contribution in [3.8, 4) is 5.75 Å². The molecule has 1 aromatic rings. The van der Waals surface area contributed by atoms with Gasteiger partial charge in [-0.1, -0.05) is 26.8 Å². The summed E-state index contributed by atoms with van der Waals surface area (Å²) in [5.41, 5.74) is 0.494. The van der Waals surface area contributed by atoms with Crippen LogP contribution >= 0.6 is 0 Å². The van der Waals surface area contributed by atoms with E-state index in [2.05, 4.69) is 20.9 Å². The number of benzene rings is 1. The summed E-state index contributed by atoms with van der Waals surface area (Å²) in [6.45, 7) is 10.7. The summed E-state index contributed by atoms with van der Waals surface area (Å²) in [4.78, 5) is 16.4. The van der Waals surface area contributed by atoms with Crippen LogP contribution in [0.25, 0.3) is 0 Å². The third kappa shape index (κ3) is 9.84. The van der Waals surface area contributed by atoms with E-state index in [0.29, 0.717) is 32.3 Å². The molecule has 3 N–H and O–H groups in total. The number of amides is 1. The number of nitrogens with zero attached hydrogens (tertiary/aromatic N) is 1. The van der Waals surface area contributed by atoms with Crippen molar-refractivity contribution in [2.75, 3.05) is 45.3 Å². The molecule has 7 heteroatoms. The molecule has 0 unspecified atom stereocenters. The topological polar surface area (TPSA) is 84.0 Å². The minimum atomic E-state index is -0.393. The lowest BCUT2D eigenvalue weighted by molar-refractivity contribution is -0.128. The summed E-state index contributed by atoms with van der Waals surface area (Å²) < 4.78 is 10.7. The predicted molar refractivity (Wildman–Crippen MR) is 110 cm³/mol. The van der Waals surface area contributed by atoms with E-state index in [9.17, 15) is 4.79 Å². The van der Waals surface area contributed by atoms with Gasteiger partial charge in [-0.3, -0.25) is 9.79 Å². The second kappa shape index (κ2) is 12.2. The second-order valence-electron chi connectivity index (χ2n) is 7.11. The van der Waals surface area contributed by atoms with Gasteiger partial charge in [-0.25, -0.2) is 0 Å². The number of rotatable bonds is 10. The Kier molecular flexibility index (Phi) is 10.3. The molecule has 0 atom stereocenters. The summed E-state index contributed by atoms with van der Waals surface area (Å²) in [5.74, 6) is 1.48. The third-order valence-corrected chi connectivity index (χ3v) is 3.55. The van der Waals surface area contributed by atoms with E-state index < -0.39 is 5.41 Å². The number of guanidine groups is 1. The number of nitrogens with one attached hydrogen (secondary N) is 3. The fourth-order valence-corrected chi connectivity index (χ4v) is 2.10. The molecule has 1 amide bonds. The Morgan fingerprint density at radius 1 is 1.19 bits per heavy atom. The van der Waals surface area contributed by atoms with Gasteiger partial charge in [0.25, 0.3) is 0 Å². The Labute approximate surface area is 162 Å². The van der Waals surface area contributed by atoms with Crippen molar-refractivity contribution >= 4 is 17.6 Å². The monoisotopic (exact) mass is 378 g/mol. The summed E-state index contributed by atoms with van der Waals surface area (Å²) in [5, 5.41) is 9.35. The Balaban J connectivity index is 2.56. The molecule has 1 aromatic carbocycles. The smallest absolute Gasteiger partial charge is 0.225 e. The maximum absolute atomic E-state index is 11.9. The molecule has 0 aromatic heterocycles. The number of hydrogen-bond donors (Lipinski definition) is 3. The molecule has 0 aliphatic carbocycles. The van der Waals surface area contributed by atoms with Crippen LogP contribution in [0.5, 0.6) is 5.75 Å². The molecule has 1 rings (SSSR count). The van der Waals surface area contributed by atoms with Crippen LogP contribution in [0.1, 0.15) is 34.1 Å². The van der Waals surface area contributed by atoms with Crippen LogP contribution in [0.4, 0.5) is 5.69 Å². The molecule has 0 bridgehead atoms. The van der Waals surface area contributed by atoms with Crippen LogP contribution in [0.3, 0.4) is 0 Å². The van der Waals surface area contributed by atoms with Crippen molar-refractivity contribution in [2.24, 2.45) is 10.4 Å². The van der Waals surface area contributed by atoms with Gasteiger partial charge in [-0.2, -0.15) is 0 Å². The maximum atomic E-state index is 11.9. The summed E-state index contributed by atoms with van der Waals surface area (Å²) >= 11 is 0. The van der Waals surface area contributed by atoms with Crippen LogP contribution in [-0.2, 0) is 9.53 Å². The highest BCUT2D eigenvalue weighted by molar-refractivity contribution is 5.93. The molecule has 0 heterocycles. The highest BCUT2D eigenvalue weighted by Crippen LogP contribution is 2.17. The lowest BCUT2D eigenvalue weighted by Gasteiger charge is -2.17. The number of aliphatic imine (C=N–C) groups is 1. The standard InChI is InChI=1S/C20H34N4O3/c1-6-21-19(23-12-11-22-18(25)20(2,3)4)24-16-9-7-10-17(15-16)27-14-8-13-26-5/h7,9-10,15H,6,8,11-14H2,1-5H3,(H,22,25)(H2,21,23,24). The Hall–Kier alpha value is -2.28. The molecule has 27 heavy (non-hydrogen) atoms. The van der Waals surface area contributed by atoms with Gasteiger partial charge in [-0.05, 0) is 19.1 Å². The molecular weight excluding hydrogens is 344 g/mol. The maximum Gasteiger partial charge on any atom is 0.225 e. The zero-order chi connectivity index (χ0) is 20.1. The Morgan fingerprint density at radius 3 is 2.63 bits per heavy atom. The van der Waals surface area contributed by atoms with Gasteiger partial charge >= 0.3 is 0 Å². The largest absolute Gasteiger partial charge is 0.493 e. The molecule has 0 radical (unpaired) electrons. The van der Waals surface area contributed by atoms with E-state index in [1.54, 1.807) is 7.11 Å². The molecule has 0 saturated heterocycles. The van der Waals surface area contributed by atoms with Gasteiger partial charge < -0.3 is 25.4 Å². The molecule has 0 spiro atoms. The van der Waals surface area contributed by atoms with Crippen molar-refractivity contribution in [3.63, 3.8) is 0 Å². The van der Waals surface area contributed by atoms with Crippen molar-refractivity contribution < 1.29 is 14.3 Å². The number of ether oxygens (including phenoxy) is 2. The Bertz CT molecular complexity index is 597. The number of carbonyl (C=O) groups is 1. The lowest BCUT2D eigenvalue weighted by Crippen LogP contribution is -2.37. The minimum absolute atomic E-state index is 0.0222. The fraction of sp³-hybridized carbons (Fsp3) is 0.600. The first-order chi connectivity index (χ1) is 12.9. The van der Waals surface area contributed by atoms with Gasteiger partial charge in [0, 0.05) is 50.4 Å². The predicted octanol–water partition coefficient (Wildman–Crippen LogP) is 2.64. The first-order valence-corrected chi connectivity index (χ1v) is 9.42. The van der Waals surface area contributed by atoms with E-state index in [4.69, 9.17) is 9.47 Å². The lowest BCUT2D eigenvalue weighted by atomic mass is 9.96. The van der Waals surface area contributed by atoms with Crippen LogP contribution in [0, 0.1) is 5.41 Å². The number of methoxy groups -OCH3 is 1. The number of anilines is 1. The van der Waals surface area contributed by atoms with Crippen LogP contribution < -0.4 is 20.7 Å². The molecule has 7 nitrogen and oxygen atoms in total. The number of carbonyl (C=O) groups excluding carboxylic acids is 1. The van der Waals surface area contributed by atoms with Gasteiger partial charge in [0.2, 0.25) is 5.91 Å². The third-order valence-electron chi connectivity index (χ3n) is 3.55. The van der Waals surface area contributed by atoms with Crippen molar-refractivity contribution in [2.45, 2.75) is 34.1 Å². The van der Waals surface area contributed by atoms with E-state index in [0.717, 1.165) is 24.4 Å². The van der Waals surface area contributed by atoms with Gasteiger partial charge in [-0.15, -0.1) is 0 Å². The zero-order valence-electron chi connectivity index (χ0n) is 17.2. The van der Waals surface area contributed by atoms with Gasteiger partial charge in [0.1, 0.15) is 5.75 Å². The second-order valence-corrected chi connectivity index (χ2v) is 7.11. The van der Waals surface area contributed by atoms with Gasteiger partial charge in [0.15, 0.2) is 5.96 Å². The molecular formula is C20H34N4O3. The molecule has 152 valence electrons. The van der Waals surface area contributed by atoms with Crippen molar-refractivity contribution in [3.05, 3.63) is 24.3 Å². The fourth-order valence-electron chi connectivity index (χ4n) is 2.10. The van der Waals surface area contributed by atoms with E-state index >= 15 is 0 Å². The summed E-state index contributed by atoms with van der Waals surface area (Å²) in [6, 6.07) is 7.74. The Morgan fingerprint density at radius 2 is 1.96 bits per heavy atom. The first-order valence-electron chi connectivity index (χ1n) is 9.42. The molecule has 0 aliphatic rings. The summed E-state index contributed by atoms with van der Waals surface area (Å²) in [7, 11) is 1.68. The highest BCUT2D eigenvalue weighted by atomic mass is 16.5. The summed E-state index contributed by atoms with van der Waals surface area (Å²) in [6.07, 6.45) is 0.846. The quantitative estimate of drug-likeness (QED) is 0.331. The van der Waals surface area contributed by atoms with Gasteiger partial charge in [0.05, 0.1) is 13.2 Å². The molecule has 0 aliphatic heterocycles. The highest BCUT2D eigenvalue weighted by Gasteiger charge is 2.20. The van der Waals surface area contributed by atoms with Crippen molar-refractivity contribution in [1.29, 1.82) is 0 Å². The normalized spacial score (nSPS) is 11.8. The van der Waals surface area contributed by atoms with E-state index in [-0.39, 0.29) is 5.91 Å². The van der Waals surface area contributed by atoms with E-state index in [1.807, 2.05) is 52.0 Å².